The molecular weight excluding hydrogens is 438 g/mol. The Morgan fingerprint density at radius 3 is 2.52 bits per heavy atom. The number of benzene rings is 2. The average molecular weight is 474 g/mol. The summed E-state index contributed by atoms with van der Waals surface area (Å²) in [5.41, 5.74) is 1.84. The van der Waals surface area contributed by atoms with Crippen molar-refractivity contribution in [3.63, 3.8) is 0 Å². The fourth-order valence-corrected chi connectivity index (χ4v) is 5.87. The summed E-state index contributed by atoms with van der Waals surface area (Å²) in [5, 5.41) is 3.00. The van der Waals surface area contributed by atoms with E-state index >= 15 is 0 Å². The molecule has 1 N–H and O–H groups in total. The van der Waals surface area contributed by atoms with E-state index in [2.05, 4.69) is 17.4 Å². The minimum atomic E-state index is -3.73. The van der Waals surface area contributed by atoms with E-state index in [0.29, 0.717) is 50.5 Å². The third kappa shape index (κ3) is 6.71. The maximum Gasteiger partial charge on any atom is 0.304 e. The molecule has 0 unspecified atom stereocenters. The van der Waals surface area contributed by atoms with Crippen molar-refractivity contribution in [2.24, 2.45) is 5.92 Å². The standard InChI is InChI=1S/C25H35N3O4S/c1-3-28(23-14-16-24(17-15-23)32-4-2)33(30,31)27-19-9-13-22(20-27)25(29)26-18-8-12-21-10-6-5-7-11-21/h5-7,10-11,14-17,22H,3-4,8-9,12-13,18-20H2,1-2H3,(H,26,29)/t22-/m1/s1. The molecule has 0 saturated carbocycles. The molecule has 1 atom stereocenters. The second kappa shape index (κ2) is 12.0. The summed E-state index contributed by atoms with van der Waals surface area (Å²) in [6.07, 6.45) is 3.12. The number of carbonyl (C=O) groups is 1. The molecule has 1 aliphatic rings. The molecule has 1 saturated heterocycles. The van der Waals surface area contributed by atoms with Crippen molar-refractivity contribution >= 4 is 21.8 Å². The number of piperidine rings is 1. The SMILES string of the molecule is CCOc1ccc(N(CC)S(=O)(=O)N2CCC[C@@H](C(=O)NCCCc3ccccc3)C2)cc1. The molecule has 8 heteroatoms. The highest BCUT2D eigenvalue weighted by Crippen LogP contribution is 2.27. The van der Waals surface area contributed by atoms with Gasteiger partial charge in [-0.2, -0.15) is 12.7 Å². The van der Waals surface area contributed by atoms with Crippen LogP contribution in [-0.2, 0) is 21.4 Å². The van der Waals surface area contributed by atoms with Crippen molar-refractivity contribution in [2.45, 2.75) is 39.5 Å². The molecule has 1 amide bonds. The Balaban J connectivity index is 1.57. The number of ether oxygens (including phenoxy) is 1. The zero-order valence-corrected chi connectivity index (χ0v) is 20.4. The van der Waals surface area contributed by atoms with Gasteiger partial charge in [0.2, 0.25) is 5.91 Å². The van der Waals surface area contributed by atoms with Gasteiger partial charge in [0.1, 0.15) is 5.75 Å². The molecule has 1 fully saturated rings. The summed E-state index contributed by atoms with van der Waals surface area (Å²) in [5.74, 6) is 0.313. The number of hydrogen-bond donors (Lipinski definition) is 1. The Morgan fingerprint density at radius 1 is 1.12 bits per heavy atom. The van der Waals surface area contributed by atoms with E-state index in [9.17, 15) is 13.2 Å². The second-order valence-electron chi connectivity index (χ2n) is 8.18. The number of aryl methyl sites for hydroxylation is 1. The lowest BCUT2D eigenvalue weighted by atomic mass is 9.99. The first-order chi connectivity index (χ1) is 16.0. The molecular formula is C25H35N3O4S. The monoisotopic (exact) mass is 473 g/mol. The minimum absolute atomic E-state index is 0.0629. The van der Waals surface area contributed by atoms with Crippen molar-refractivity contribution in [1.82, 2.24) is 9.62 Å². The Labute approximate surface area is 197 Å². The fraction of sp³-hybridized carbons (Fsp3) is 0.480. The summed E-state index contributed by atoms with van der Waals surface area (Å²) in [4.78, 5) is 12.7. The van der Waals surface area contributed by atoms with Crippen molar-refractivity contribution in [3.05, 3.63) is 60.2 Å². The van der Waals surface area contributed by atoms with E-state index in [4.69, 9.17) is 4.74 Å². The van der Waals surface area contributed by atoms with Gasteiger partial charge in [-0.15, -0.1) is 0 Å². The normalized spacial score (nSPS) is 16.8. The molecule has 0 spiro atoms. The summed E-state index contributed by atoms with van der Waals surface area (Å²) < 4.78 is 35.1. The van der Waals surface area contributed by atoms with Crippen LogP contribution in [0.5, 0.6) is 5.75 Å². The second-order valence-corrected chi connectivity index (χ2v) is 10.0. The van der Waals surface area contributed by atoms with Crippen molar-refractivity contribution < 1.29 is 17.9 Å². The third-order valence-electron chi connectivity index (χ3n) is 5.87. The van der Waals surface area contributed by atoms with Crippen LogP contribution in [0.2, 0.25) is 0 Å². The molecule has 0 radical (unpaired) electrons. The van der Waals surface area contributed by atoms with Crippen LogP contribution in [0.15, 0.2) is 54.6 Å². The van der Waals surface area contributed by atoms with Crippen molar-refractivity contribution in [1.29, 1.82) is 0 Å². The lowest BCUT2D eigenvalue weighted by molar-refractivity contribution is -0.126. The summed E-state index contributed by atoms with van der Waals surface area (Å²) in [6, 6.07) is 17.2. The van der Waals surface area contributed by atoms with Crippen LogP contribution < -0.4 is 14.4 Å². The quantitative estimate of drug-likeness (QED) is 0.506. The van der Waals surface area contributed by atoms with Crippen LogP contribution in [0.4, 0.5) is 5.69 Å². The molecule has 0 bridgehead atoms. The molecule has 2 aromatic rings. The molecule has 0 aromatic heterocycles. The average Bonchev–Trinajstić information content (AvgIpc) is 2.84. The number of nitrogens with one attached hydrogen (secondary N) is 1. The van der Waals surface area contributed by atoms with Gasteiger partial charge in [0.15, 0.2) is 0 Å². The van der Waals surface area contributed by atoms with Gasteiger partial charge in [-0.1, -0.05) is 30.3 Å². The summed E-state index contributed by atoms with van der Waals surface area (Å²) >= 11 is 0. The summed E-state index contributed by atoms with van der Waals surface area (Å²) in [7, 11) is -3.73. The summed E-state index contributed by atoms with van der Waals surface area (Å²) in [6.45, 7) is 5.80. The van der Waals surface area contributed by atoms with Crippen LogP contribution in [0.3, 0.4) is 0 Å². The van der Waals surface area contributed by atoms with Gasteiger partial charge >= 0.3 is 10.2 Å². The largest absolute Gasteiger partial charge is 0.494 e. The predicted molar refractivity (Wildman–Crippen MR) is 132 cm³/mol. The number of nitrogens with zero attached hydrogens (tertiary/aromatic N) is 2. The Hall–Kier alpha value is -2.58. The van der Waals surface area contributed by atoms with Gasteiger partial charge in [0.05, 0.1) is 18.2 Å². The molecule has 3 rings (SSSR count). The first kappa shape index (κ1) is 25.1. The zero-order valence-electron chi connectivity index (χ0n) is 19.6. The molecule has 180 valence electrons. The maximum atomic E-state index is 13.4. The van der Waals surface area contributed by atoms with E-state index < -0.39 is 10.2 Å². The number of anilines is 1. The van der Waals surface area contributed by atoms with Gasteiger partial charge in [-0.25, -0.2) is 0 Å². The van der Waals surface area contributed by atoms with Crippen LogP contribution in [0.25, 0.3) is 0 Å². The van der Waals surface area contributed by atoms with E-state index in [0.717, 1.165) is 12.8 Å². The molecule has 0 aliphatic carbocycles. The predicted octanol–water partition coefficient (Wildman–Crippen LogP) is 3.62. The Kier molecular flexibility index (Phi) is 9.14. The van der Waals surface area contributed by atoms with Gasteiger partial charge in [0, 0.05) is 26.2 Å². The number of amides is 1. The fourth-order valence-electron chi connectivity index (χ4n) is 4.15. The molecule has 33 heavy (non-hydrogen) atoms. The lowest BCUT2D eigenvalue weighted by Crippen LogP contribution is -2.50. The van der Waals surface area contributed by atoms with Gasteiger partial charge in [-0.05, 0) is 69.4 Å². The Morgan fingerprint density at radius 2 is 1.85 bits per heavy atom. The van der Waals surface area contributed by atoms with E-state index in [1.54, 1.807) is 24.3 Å². The van der Waals surface area contributed by atoms with Crippen LogP contribution in [-0.4, -0.2) is 51.4 Å². The zero-order chi connectivity index (χ0) is 23.7. The van der Waals surface area contributed by atoms with Crippen LogP contribution in [0.1, 0.15) is 38.7 Å². The highest BCUT2D eigenvalue weighted by molar-refractivity contribution is 7.90. The smallest absolute Gasteiger partial charge is 0.304 e. The third-order valence-corrected chi connectivity index (χ3v) is 7.88. The van der Waals surface area contributed by atoms with E-state index in [1.165, 1.54) is 14.2 Å². The van der Waals surface area contributed by atoms with Crippen LogP contribution >= 0.6 is 0 Å². The van der Waals surface area contributed by atoms with Crippen molar-refractivity contribution in [2.75, 3.05) is 37.1 Å². The van der Waals surface area contributed by atoms with Crippen molar-refractivity contribution in [3.8, 4) is 5.75 Å². The number of carbonyl (C=O) groups excluding carboxylic acids is 1. The number of hydrogen-bond acceptors (Lipinski definition) is 4. The van der Waals surface area contributed by atoms with E-state index in [-0.39, 0.29) is 18.4 Å². The van der Waals surface area contributed by atoms with E-state index in [1.807, 2.05) is 32.0 Å². The van der Waals surface area contributed by atoms with Crippen LogP contribution in [0, 0.1) is 5.92 Å². The molecule has 2 aromatic carbocycles. The molecule has 7 nitrogen and oxygen atoms in total. The van der Waals surface area contributed by atoms with Gasteiger partial charge in [-0.3, -0.25) is 9.10 Å². The topological polar surface area (TPSA) is 79.0 Å². The minimum Gasteiger partial charge on any atom is -0.494 e. The maximum absolute atomic E-state index is 13.4. The number of rotatable bonds is 11. The van der Waals surface area contributed by atoms with Gasteiger partial charge < -0.3 is 10.1 Å². The highest BCUT2D eigenvalue weighted by Gasteiger charge is 2.35. The first-order valence-electron chi connectivity index (χ1n) is 11.8. The Bertz CT molecular complexity index is 980. The first-order valence-corrected chi connectivity index (χ1v) is 13.2. The highest BCUT2D eigenvalue weighted by atomic mass is 32.2. The van der Waals surface area contributed by atoms with Gasteiger partial charge in [0.25, 0.3) is 0 Å². The molecule has 1 heterocycles. The molecule has 1 aliphatic heterocycles. The lowest BCUT2D eigenvalue weighted by Gasteiger charge is -2.35.